The van der Waals surface area contributed by atoms with Crippen molar-refractivity contribution in [3.05, 3.63) is 71.8 Å². The Labute approximate surface area is 165 Å². The highest BCUT2D eigenvalue weighted by Crippen LogP contribution is 2.19. The predicted octanol–water partition coefficient (Wildman–Crippen LogP) is 2.55. The Balaban J connectivity index is 1.54. The number of hydrogen-bond donors (Lipinski definition) is 3. The van der Waals surface area contributed by atoms with Crippen LogP contribution in [0.25, 0.3) is 10.8 Å². The van der Waals surface area contributed by atoms with E-state index in [1.807, 2.05) is 81.6 Å². The van der Waals surface area contributed by atoms with Gasteiger partial charge in [0.05, 0.1) is 7.05 Å². The lowest BCUT2D eigenvalue weighted by Gasteiger charge is -2.15. The van der Waals surface area contributed by atoms with Crippen LogP contribution in [-0.2, 0) is 9.59 Å². The average Bonchev–Trinajstić information content (AvgIpc) is 2.64. The molecule has 5 heteroatoms. The summed E-state index contributed by atoms with van der Waals surface area (Å²) in [5, 5.41) is 8.08. The molecule has 28 heavy (non-hydrogen) atoms. The first kappa shape index (κ1) is 19.6. The minimum atomic E-state index is -0.118. The van der Waals surface area contributed by atoms with Crippen molar-refractivity contribution >= 4 is 34.0 Å². The molecule has 0 aliphatic heterocycles. The summed E-state index contributed by atoms with van der Waals surface area (Å²) in [6.07, 6.45) is 0. The van der Waals surface area contributed by atoms with Gasteiger partial charge in [-0.2, -0.15) is 0 Å². The van der Waals surface area contributed by atoms with Gasteiger partial charge in [-0.3, -0.25) is 9.59 Å². The van der Waals surface area contributed by atoms with Crippen molar-refractivity contribution in [2.45, 2.75) is 13.8 Å². The lowest BCUT2D eigenvalue weighted by molar-refractivity contribution is -0.862. The number of quaternary nitrogens is 1. The summed E-state index contributed by atoms with van der Waals surface area (Å²) < 4.78 is 0. The predicted molar refractivity (Wildman–Crippen MR) is 114 cm³/mol. The third-order valence-corrected chi connectivity index (χ3v) is 4.70. The average molecular weight is 376 g/mol. The number of nitrogens with one attached hydrogen (secondary N) is 3. The maximum atomic E-state index is 12.3. The highest BCUT2D eigenvalue weighted by atomic mass is 16.2. The van der Waals surface area contributed by atoms with Gasteiger partial charge in [0.1, 0.15) is 0 Å². The second-order valence-corrected chi connectivity index (χ2v) is 7.24. The molecule has 0 fully saturated rings. The Morgan fingerprint density at radius 3 is 2.07 bits per heavy atom. The van der Waals surface area contributed by atoms with Crippen molar-refractivity contribution < 1.29 is 14.5 Å². The van der Waals surface area contributed by atoms with Gasteiger partial charge in [0.2, 0.25) is 0 Å². The van der Waals surface area contributed by atoms with E-state index in [1.165, 1.54) is 0 Å². The largest absolute Gasteiger partial charge is 0.322 e. The Morgan fingerprint density at radius 1 is 0.786 bits per heavy atom. The van der Waals surface area contributed by atoms with E-state index >= 15 is 0 Å². The van der Waals surface area contributed by atoms with Crippen LogP contribution >= 0.6 is 0 Å². The molecular formula is C23H26N3O2+. The molecule has 0 radical (unpaired) electrons. The van der Waals surface area contributed by atoms with E-state index in [0.29, 0.717) is 0 Å². The zero-order valence-electron chi connectivity index (χ0n) is 16.5. The Kier molecular flexibility index (Phi) is 6.06. The van der Waals surface area contributed by atoms with Crippen LogP contribution < -0.4 is 15.5 Å². The number of likely N-dealkylation sites (N-methyl/N-ethyl adjacent to an activating group) is 1. The van der Waals surface area contributed by atoms with Crippen molar-refractivity contribution in [2.24, 2.45) is 0 Å². The van der Waals surface area contributed by atoms with Gasteiger partial charge < -0.3 is 15.5 Å². The van der Waals surface area contributed by atoms with Crippen LogP contribution in [-0.4, -0.2) is 32.0 Å². The molecule has 0 bridgehead atoms. The topological polar surface area (TPSA) is 62.6 Å². The van der Waals surface area contributed by atoms with Crippen molar-refractivity contribution in [3.63, 3.8) is 0 Å². The first-order chi connectivity index (χ1) is 13.4. The summed E-state index contributed by atoms with van der Waals surface area (Å²) in [6.45, 7) is 4.37. The fourth-order valence-corrected chi connectivity index (χ4v) is 3.28. The van der Waals surface area contributed by atoms with Gasteiger partial charge in [0.15, 0.2) is 13.1 Å². The minimum Gasteiger partial charge on any atom is -0.322 e. The molecule has 1 unspecified atom stereocenters. The normalized spacial score (nSPS) is 11.8. The van der Waals surface area contributed by atoms with Crippen LogP contribution in [0.4, 0.5) is 11.4 Å². The number of carbonyl (C=O) groups excluding carboxylic acids is 2. The van der Waals surface area contributed by atoms with Gasteiger partial charge in [0, 0.05) is 11.4 Å². The van der Waals surface area contributed by atoms with Crippen LogP contribution in [0, 0.1) is 13.8 Å². The van der Waals surface area contributed by atoms with E-state index in [9.17, 15) is 9.59 Å². The lowest BCUT2D eigenvalue weighted by Crippen LogP contribution is -3.11. The second-order valence-electron chi connectivity index (χ2n) is 7.24. The van der Waals surface area contributed by atoms with Gasteiger partial charge in [-0.25, -0.2) is 0 Å². The molecule has 0 aliphatic rings. The number of fused-ring (bicyclic) bond motifs is 1. The molecule has 0 aliphatic carbocycles. The third-order valence-electron chi connectivity index (χ3n) is 4.70. The van der Waals surface area contributed by atoms with E-state index in [2.05, 4.69) is 10.6 Å². The van der Waals surface area contributed by atoms with E-state index in [1.54, 1.807) is 0 Å². The minimum absolute atomic E-state index is 0.103. The summed E-state index contributed by atoms with van der Waals surface area (Å²) in [6, 6.07) is 19.7. The fourth-order valence-electron chi connectivity index (χ4n) is 3.28. The Bertz CT molecular complexity index is 993. The van der Waals surface area contributed by atoms with Gasteiger partial charge >= 0.3 is 0 Å². The van der Waals surface area contributed by atoms with E-state index in [0.717, 1.165) is 38.2 Å². The van der Waals surface area contributed by atoms with Gasteiger partial charge in [-0.05, 0) is 47.9 Å². The van der Waals surface area contributed by atoms with Crippen LogP contribution in [0.15, 0.2) is 60.7 Å². The summed E-state index contributed by atoms with van der Waals surface area (Å²) in [7, 11) is 1.84. The van der Waals surface area contributed by atoms with Gasteiger partial charge in [-0.15, -0.1) is 0 Å². The molecule has 144 valence electrons. The number of carbonyl (C=O) groups is 2. The molecule has 5 nitrogen and oxygen atoms in total. The summed E-state index contributed by atoms with van der Waals surface area (Å²) >= 11 is 0. The number of amides is 2. The molecule has 0 aromatic heterocycles. The number of para-hydroxylation sites is 1. The maximum absolute atomic E-state index is 12.3. The second kappa shape index (κ2) is 8.67. The van der Waals surface area contributed by atoms with Crippen LogP contribution in [0.1, 0.15) is 11.1 Å². The third kappa shape index (κ3) is 4.96. The number of benzene rings is 3. The van der Waals surface area contributed by atoms with Gasteiger partial charge in [0.25, 0.3) is 11.8 Å². The molecule has 0 saturated heterocycles. The molecule has 0 heterocycles. The molecule has 0 spiro atoms. The van der Waals surface area contributed by atoms with Crippen LogP contribution in [0.3, 0.4) is 0 Å². The summed E-state index contributed by atoms with van der Waals surface area (Å²) in [5.41, 5.74) is 3.66. The molecule has 3 rings (SSSR count). The Hall–Kier alpha value is -3.18. The smallest absolute Gasteiger partial charge is 0.279 e. The number of aryl methyl sites for hydroxylation is 2. The summed E-state index contributed by atoms with van der Waals surface area (Å²) in [5.74, 6) is -0.221. The van der Waals surface area contributed by atoms with E-state index < -0.39 is 0 Å². The molecule has 3 aromatic carbocycles. The maximum Gasteiger partial charge on any atom is 0.279 e. The number of rotatable bonds is 6. The zero-order chi connectivity index (χ0) is 20.1. The molecule has 3 aromatic rings. The quantitative estimate of drug-likeness (QED) is 0.619. The molecule has 0 saturated carbocycles. The number of hydrogen-bond acceptors (Lipinski definition) is 2. The molecule has 3 N–H and O–H groups in total. The highest BCUT2D eigenvalue weighted by Gasteiger charge is 2.16. The van der Waals surface area contributed by atoms with Crippen molar-refractivity contribution in [1.29, 1.82) is 0 Å². The number of anilines is 2. The fraction of sp³-hybridized carbons (Fsp3) is 0.217. The van der Waals surface area contributed by atoms with Gasteiger partial charge in [-0.1, -0.05) is 48.5 Å². The SMILES string of the molecule is Cc1cccc(C)c1NC(=O)C[NH+](C)CC(=O)Nc1ccc2ccccc2c1. The van der Waals surface area contributed by atoms with Crippen molar-refractivity contribution in [1.82, 2.24) is 0 Å². The first-order valence-corrected chi connectivity index (χ1v) is 9.38. The van der Waals surface area contributed by atoms with Crippen molar-refractivity contribution in [3.8, 4) is 0 Å². The first-order valence-electron chi connectivity index (χ1n) is 9.38. The van der Waals surface area contributed by atoms with Crippen molar-refractivity contribution in [2.75, 3.05) is 30.8 Å². The molecule has 2 amide bonds. The summed E-state index contributed by atoms with van der Waals surface area (Å²) in [4.78, 5) is 25.5. The van der Waals surface area contributed by atoms with E-state index in [-0.39, 0.29) is 24.9 Å². The molecular weight excluding hydrogens is 350 g/mol. The van der Waals surface area contributed by atoms with Crippen LogP contribution in [0.5, 0.6) is 0 Å². The highest BCUT2D eigenvalue weighted by molar-refractivity contribution is 5.95. The molecule has 1 atom stereocenters. The zero-order valence-corrected chi connectivity index (χ0v) is 16.5. The van der Waals surface area contributed by atoms with E-state index in [4.69, 9.17) is 0 Å². The Morgan fingerprint density at radius 2 is 1.39 bits per heavy atom. The standard InChI is InChI=1S/C23H25N3O2/c1-16-7-6-8-17(2)23(16)25-22(28)15-26(3)14-21(27)24-20-12-11-18-9-4-5-10-19(18)13-20/h4-13H,14-15H2,1-3H3,(H,24,27)(H,25,28)/p+1. The van der Waals surface area contributed by atoms with Crippen LogP contribution in [0.2, 0.25) is 0 Å². The monoisotopic (exact) mass is 376 g/mol. The lowest BCUT2D eigenvalue weighted by atomic mass is 10.1.